The van der Waals surface area contributed by atoms with Gasteiger partial charge >= 0.3 is 19.8 Å². The van der Waals surface area contributed by atoms with Gasteiger partial charge in [0.25, 0.3) is 0 Å². The smallest absolute Gasteiger partial charge is 0.457 e. The van der Waals surface area contributed by atoms with Gasteiger partial charge in [0.05, 0.1) is 63.3 Å². The van der Waals surface area contributed by atoms with Crippen molar-refractivity contribution in [1.29, 1.82) is 0 Å². The monoisotopic (exact) mass is 1320 g/mol. The van der Waals surface area contributed by atoms with Crippen molar-refractivity contribution in [1.82, 2.24) is 10.6 Å². The van der Waals surface area contributed by atoms with Crippen molar-refractivity contribution in [2.75, 3.05) is 13.2 Å². The lowest BCUT2D eigenvalue weighted by Gasteiger charge is -2.46. The SMILES string of the molecule is CCCCCCCCCCCC(O)CC(=O)NC1[C@H](OCC2OC(O)C(NC(=O)CC(O)CCCCCCCCCCC)[C@@H](OC(=O)CC(O)CCCCCCCCCCC)[C@@H]2O)OC(CO)C(OP(=O)(O)O)[C@@H]1OC(=O)CC(O)CCCCCCCCCCC. The molecule has 0 bridgehead atoms. The molecule has 2 aliphatic heterocycles. The van der Waals surface area contributed by atoms with Gasteiger partial charge < -0.3 is 79.9 Å². The Morgan fingerprint density at radius 3 is 1.09 bits per heavy atom. The van der Waals surface area contributed by atoms with E-state index in [9.17, 15) is 69.3 Å². The number of unbranched alkanes of at least 4 members (excludes halogenated alkanes) is 32. The van der Waals surface area contributed by atoms with E-state index in [1.54, 1.807) is 0 Å². The number of phosphoric acid groups is 1. The van der Waals surface area contributed by atoms with Gasteiger partial charge in [-0.15, -0.1) is 0 Å². The van der Waals surface area contributed by atoms with Crippen LogP contribution in [0.1, 0.15) is 310 Å². The Morgan fingerprint density at radius 2 is 0.747 bits per heavy atom. The molecule has 2 rings (SSSR count). The highest BCUT2D eigenvalue weighted by atomic mass is 31.2. The van der Waals surface area contributed by atoms with Crippen LogP contribution < -0.4 is 10.6 Å². The highest BCUT2D eigenvalue weighted by Gasteiger charge is 2.54. The summed E-state index contributed by atoms with van der Waals surface area (Å²) < 4.78 is 47.4. The molecule has 23 heteroatoms. The van der Waals surface area contributed by atoms with E-state index in [0.717, 1.165) is 128 Å². The fourth-order valence-electron chi connectivity index (χ4n) is 12.2. The zero-order valence-corrected chi connectivity index (χ0v) is 57.5. The summed E-state index contributed by atoms with van der Waals surface area (Å²) in [5.41, 5.74) is 0. The molecule has 22 nitrogen and oxygen atoms in total. The number of aliphatic hydroxyl groups is 7. The minimum atomic E-state index is -5.50. The van der Waals surface area contributed by atoms with Crippen LogP contribution in [0.4, 0.5) is 0 Å². The molecule has 0 spiro atoms. The fourth-order valence-corrected chi connectivity index (χ4v) is 12.8. The average molecular weight is 1330 g/mol. The number of hydrogen-bond acceptors (Lipinski definition) is 18. The summed E-state index contributed by atoms with van der Waals surface area (Å²) in [6.45, 7) is 6.87. The Kier molecular flexibility index (Phi) is 49.1. The molecule has 2 heterocycles. The summed E-state index contributed by atoms with van der Waals surface area (Å²) in [5.74, 6) is -3.59. The van der Waals surface area contributed by atoms with E-state index in [0.29, 0.717) is 38.5 Å². The number of nitrogens with one attached hydrogen (secondary N) is 2. The lowest BCUT2D eigenvalue weighted by Crippen LogP contribution is -2.68. The highest BCUT2D eigenvalue weighted by molar-refractivity contribution is 7.46. The number of amides is 2. The number of aliphatic hydroxyl groups excluding tert-OH is 7. The van der Waals surface area contributed by atoms with Crippen LogP contribution in [0, 0.1) is 0 Å². The predicted octanol–water partition coefficient (Wildman–Crippen LogP) is 10.8. The van der Waals surface area contributed by atoms with Crippen LogP contribution in [0.15, 0.2) is 0 Å². The Balaban J connectivity index is 2.41. The topological polar surface area (TPSA) is 347 Å². The van der Waals surface area contributed by atoms with Gasteiger partial charge in [0.2, 0.25) is 11.8 Å². The molecule has 536 valence electrons. The first-order chi connectivity index (χ1) is 43.8. The van der Waals surface area contributed by atoms with Crippen LogP contribution in [0.3, 0.4) is 0 Å². The molecule has 91 heavy (non-hydrogen) atoms. The molecular weight excluding hydrogens is 1200 g/mol. The predicted molar refractivity (Wildman–Crippen MR) is 349 cm³/mol. The molecular formula is C68H129N2O20P. The van der Waals surface area contributed by atoms with E-state index in [1.807, 2.05) is 0 Å². The first-order valence-electron chi connectivity index (χ1n) is 36.1. The van der Waals surface area contributed by atoms with Crippen molar-refractivity contribution in [3.8, 4) is 0 Å². The van der Waals surface area contributed by atoms with Crippen LogP contribution in [-0.4, -0.2) is 168 Å². The van der Waals surface area contributed by atoms with Crippen molar-refractivity contribution < 1.29 is 97.5 Å². The van der Waals surface area contributed by atoms with E-state index in [4.69, 9.17) is 28.2 Å². The molecule has 0 aliphatic carbocycles. The number of phosphoric ester groups is 1. The second kappa shape index (κ2) is 52.7. The van der Waals surface area contributed by atoms with Crippen LogP contribution >= 0.6 is 7.82 Å². The van der Waals surface area contributed by atoms with Gasteiger partial charge in [-0.05, 0) is 25.7 Å². The molecule has 0 aromatic rings. The van der Waals surface area contributed by atoms with Gasteiger partial charge in [0, 0.05) is 0 Å². The van der Waals surface area contributed by atoms with Crippen LogP contribution in [0.5, 0.6) is 0 Å². The van der Waals surface area contributed by atoms with Crippen LogP contribution in [0.2, 0.25) is 0 Å². The van der Waals surface area contributed by atoms with Crippen molar-refractivity contribution in [2.24, 2.45) is 0 Å². The second-order valence-electron chi connectivity index (χ2n) is 26.2. The minimum Gasteiger partial charge on any atom is -0.457 e. The zero-order valence-electron chi connectivity index (χ0n) is 56.6. The maximum absolute atomic E-state index is 14.0. The zero-order chi connectivity index (χ0) is 67.1. The lowest BCUT2D eigenvalue weighted by molar-refractivity contribution is -0.298. The van der Waals surface area contributed by atoms with Gasteiger partial charge in [0.1, 0.15) is 36.5 Å². The quantitative estimate of drug-likeness (QED) is 0.0153. The summed E-state index contributed by atoms with van der Waals surface area (Å²) in [6, 6.07) is -3.36. The summed E-state index contributed by atoms with van der Waals surface area (Å²) in [4.78, 5) is 75.4. The van der Waals surface area contributed by atoms with Gasteiger partial charge in [-0.1, -0.05) is 259 Å². The highest BCUT2D eigenvalue weighted by Crippen LogP contribution is 2.42. The fraction of sp³-hybridized carbons (Fsp3) is 0.941. The van der Waals surface area contributed by atoms with Crippen molar-refractivity contribution in [2.45, 2.75) is 396 Å². The van der Waals surface area contributed by atoms with E-state index in [2.05, 4.69) is 38.3 Å². The summed E-state index contributed by atoms with van der Waals surface area (Å²) in [7, 11) is -5.50. The summed E-state index contributed by atoms with van der Waals surface area (Å²) >= 11 is 0. The third-order valence-electron chi connectivity index (χ3n) is 17.6. The van der Waals surface area contributed by atoms with Crippen molar-refractivity contribution >= 4 is 31.6 Å². The Morgan fingerprint density at radius 1 is 0.429 bits per heavy atom. The van der Waals surface area contributed by atoms with Crippen molar-refractivity contribution in [3.05, 3.63) is 0 Å². The standard InChI is InChI=1S/C68H129N2O20P/c1-5-9-13-17-21-25-29-33-37-41-51(72)45-57(76)69-61-65(88-59(78)47-53(74)43-39-35-31-27-23-19-15-11-7-3)63(80)56(86-67(61)81)50-85-68-62(70-58(77)46-52(73)42-38-34-30-26-22-18-14-10-6-2)66(64(55(49-71)87-68)90-91(82,83)84)89-60(79)48-54(75)44-40-36-32-28-24-20-16-12-8-4/h51-56,61-68,71-75,80-81H,5-50H2,1-4H3,(H,69,76)(H,70,77)(H2,82,83,84)/t51?,52?,53?,54?,55?,56?,61?,62?,63-,64?,65-,66-,67?,68-/m1/s1. The number of carbonyl (C=O) groups is 4. The van der Waals surface area contributed by atoms with Crippen molar-refractivity contribution in [3.63, 3.8) is 0 Å². The average Bonchev–Trinajstić information content (AvgIpc) is 0.876. The van der Waals surface area contributed by atoms with E-state index in [-0.39, 0.29) is 19.3 Å². The number of rotatable bonds is 58. The normalized spacial score (nSPS) is 23.3. The molecule has 0 aromatic carbocycles. The van der Waals surface area contributed by atoms with Gasteiger partial charge in [-0.3, -0.25) is 23.7 Å². The summed E-state index contributed by atoms with van der Waals surface area (Å²) in [5, 5.41) is 83.5. The number of esters is 2. The largest absolute Gasteiger partial charge is 0.470 e. The van der Waals surface area contributed by atoms with Crippen LogP contribution in [-0.2, 0) is 52.0 Å². The lowest BCUT2D eigenvalue weighted by atomic mass is 9.95. The number of hydrogen-bond donors (Lipinski definition) is 11. The van der Waals surface area contributed by atoms with Gasteiger partial charge in [0.15, 0.2) is 24.8 Å². The van der Waals surface area contributed by atoms with Crippen LogP contribution in [0.25, 0.3) is 0 Å². The molecule has 2 saturated heterocycles. The first kappa shape index (κ1) is 84.7. The third-order valence-corrected chi connectivity index (χ3v) is 18.1. The maximum atomic E-state index is 14.0. The molecule has 2 aliphatic rings. The molecule has 0 radical (unpaired) electrons. The minimum absolute atomic E-state index is 0.237. The van der Waals surface area contributed by atoms with E-state index >= 15 is 0 Å². The second-order valence-corrected chi connectivity index (χ2v) is 27.4. The Labute approximate surface area is 546 Å². The first-order valence-corrected chi connectivity index (χ1v) is 37.6. The van der Waals surface area contributed by atoms with E-state index < -0.39 is 150 Å². The van der Waals surface area contributed by atoms with Gasteiger partial charge in [-0.2, -0.15) is 0 Å². The molecule has 0 aromatic heterocycles. The molecule has 0 saturated carbocycles. The molecule has 2 amide bonds. The molecule has 2 fully saturated rings. The number of ether oxygens (including phenoxy) is 5. The Bertz CT molecular complexity index is 1890. The van der Waals surface area contributed by atoms with E-state index in [1.165, 1.54) is 77.0 Å². The molecule has 10 unspecified atom stereocenters. The maximum Gasteiger partial charge on any atom is 0.470 e. The summed E-state index contributed by atoms with van der Waals surface area (Å²) in [6.07, 6.45) is 17.4. The third kappa shape index (κ3) is 40.7. The number of carbonyl (C=O) groups excluding carboxylic acids is 4. The molecule has 14 atom stereocenters. The van der Waals surface area contributed by atoms with Gasteiger partial charge in [-0.25, -0.2) is 4.57 Å². The molecule has 11 N–H and O–H groups in total. The Hall–Kier alpha value is -2.41.